The van der Waals surface area contributed by atoms with Gasteiger partial charge in [0, 0.05) is 18.5 Å². The summed E-state index contributed by atoms with van der Waals surface area (Å²) in [5.74, 6) is 0.0443. The van der Waals surface area contributed by atoms with Crippen LogP contribution < -0.4 is 11.1 Å². The maximum atomic E-state index is 11.9. The normalized spacial score (nSPS) is 25.7. The fraction of sp³-hybridized carbons (Fsp3) is 0.615. The van der Waals surface area contributed by atoms with E-state index in [-0.39, 0.29) is 24.4 Å². The summed E-state index contributed by atoms with van der Waals surface area (Å²) in [5, 5.41) is 16.5. The standard InChI is InChI=1S/C13H20N2O2S/c14-11-3-1-2-9(6-11)13(17)15-7-12(16)10-4-5-18-8-10/h4-5,8-9,11-12,16H,1-3,6-7,14H2,(H,15,17). The first kappa shape index (κ1) is 13.5. The van der Waals surface area contributed by atoms with Crippen molar-refractivity contribution in [2.45, 2.75) is 37.8 Å². The number of hydrogen-bond donors (Lipinski definition) is 3. The van der Waals surface area contributed by atoms with Crippen LogP contribution in [0.5, 0.6) is 0 Å². The Morgan fingerprint density at radius 3 is 3.11 bits per heavy atom. The molecule has 1 aromatic heterocycles. The van der Waals surface area contributed by atoms with Crippen LogP contribution in [-0.2, 0) is 4.79 Å². The lowest BCUT2D eigenvalue weighted by molar-refractivity contribution is -0.126. The number of rotatable bonds is 4. The summed E-state index contributed by atoms with van der Waals surface area (Å²) in [7, 11) is 0. The van der Waals surface area contributed by atoms with Crippen LogP contribution in [0, 0.1) is 5.92 Å². The van der Waals surface area contributed by atoms with E-state index >= 15 is 0 Å². The predicted molar refractivity (Wildman–Crippen MR) is 72.2 cm³/mol. The van der Waals surface area contributed by atoms with Crippen LogP contribution in [0.15, 0.2) is 16.8 Å². The second-order valence-electron chi connectivity index (χ2n) is 4.94. The number of thiophene rings is 1. The second kappa shape index (κ2) is 6.31. The van der Waals surface area contributed by atoms with Crippen LogP contribution >= 0.6 is 11.3 Å². The lowest BCUT2D eigenvalue weighted by Gasteiger charge is -2.26. The van der Waals surface area contributed by atoms with Crippen molar-refractivity contribution in [2.75, 3.05) is 6.54 Å². The molecule has 3 atom stereocenters. The van der Waals surface area contributed by atoms with Crippen LogP contribution in [0.2, 0.25) is 0 Å². The Labute approximate surface area is 111 Å². The molecule has 0 aliphatic heterocycles. The van der Waals surface area contributed by atoms with Crippen LogP contribution in [-0.4, -0.2) is 23.6 Å². The monoisotopic (exact) mass is 268 g/mol. The van der Waals surface area contributed by atoms with Gasteiger partial charge in [-0.3, -0.25) is 4.79 Å². The summed E-state index contributed by atoms with van der Waals surface area (Å²) in [6, 6.07) is 2.02. The lowest BCUT2D eigenvalue weighted by atomic mass is 9.85. The Hall–Kier alpha value is -0.910. The van der Waals surface area contributed by atoms with Gasteiger partial charge in [0.1, 0.15) is 0 Å². The third-order valence-corrected chi connectivity index (χ3v) is 4.18. The highest BCUT2D eigenvalue weighted by Gasteiger charge is 2.25. The summed E-state index contributed by atoms with van der Waals surface area (Å²) in [4.78, 5) is 11.9. The molecule has 5 heteroatoms. The number of carbonyl (C=O) groups excluding carboxylic acids is 1. The third kappa shape index (κ3) is 3.54. The Morgan fingerprint density at radius 1 is 1.61 bits per heavy atom. The Bertz CT molecular complexity index is 380. The van der Waals surface area contributed by atoms with Crippen molar-refractivity contribution >= 4 is 17.2 Å². The van der Waals surface area contributed by atoms with Gasteiger partial charge in [-0.15, -0.1) is 0 Å². The zero-order valence-corrected chi connectivity index (χ0v) is 11.2. The molecule has 1 heterocycles. The molecule has 0 aromatic carbocycles. The van der Waals surface area contributed by atoms with Gasteiger partial charge in [-0.2, -0.15) is 11.3 Å². The quantitative estimate of drug-likeness (QED) is 0.773. The first-order valence-corrected chi connectivity index (χ1v) is 7.34. The molecule has 0 bridgehead atoms. The molecular formula is C13H20N2O2S. The average Bonchev–Trinajstić information content (AvgIpc) is 2.89. The van der Waals surface area contributed by atoms with Crippen molar-refractivity contribution < 1.29 is 9.90 Å². The maximum absolute atomic E-state index is 11.9. The molecule has 3 unspecified atom stereocenters. The van der Waals surface area contributed by atoms with E-state index in [2.05, 4.69) is 5.32 Å². The highest BCUT2D eigenvalue weighted by atomic mass is 32.1. The Morgan fingerprint density at radius 2 is 2.44 bits per heavy atom. The number of amides is 1. The van der Waals surface area contributed by atoms with Gasteiger partial charge in [0.25, 0.3) is 0 Å². The predicted octanol–water partition coefficient (Wildman–Crippen LogP) is 1.42. The molecule has 1 saturated carbocycles. The van der Waals surface area contributed by atoms with Crippen molar-refractivity contribution in [3.63, 3.8) is 0 Å². The molecular weight excluding hydrogens is 248 g/mol. The third-order valence-electron chi connectivity index (χ3n) is 3.48. The molecule has 0 saturated heterocycles. The van der Waals surface area contributed by atoms with Gasteiger partial charge in [0.15, 0.2) is 0 Å². The average molecular weight is 268 g/mol. The van der Waals surface area contributed by atoms with Gasteiger partial charge < -0.3 is 16.2 Å². The molecule has 4 nitrogen and oxygen atoms in total. The van der Waals surface area contributed by atoms with E-state index < -0.39 is 6.10 Å². The molecule has 4 N–H and O–H groups in total. The molecule has 1 aliphatic rings. The van der Waals surface area contributed by atoms with Gasteiger partial charge in [-0.1, -0.05) is 6.42 Å². The molecule has 1 aliphatic carbocycles. The lowest BCUT2D eigenvalue weighted by Crippen LogP contribution is -2.39. The summed E-state index contributed by atoms with van der Waals surface area (Å²) < 4.78 is 0. The number of carbonyl (C=O) groups is 1. The minimum Gasteiger partial charge on any atom is -0.387 e. The summed E-state index contributed by atoms with van der Waals surface area (Å²) in [6.07, 6.45) is 3.10. The summed E-state index contributed by atoms with van der Waals surface area (Å²) in [6.45, 7) is 0.279. The van der Waals surface area contributed by atoms with Crippen molar-refractivity contribution in [1.82, 2.24) is 5.32 Å². The van der Waals surface area contributed by atoms with E-state index in [1.807, 2.05) is 16.8 Å². The molecule has 2 rings (SSSR count). The zero-order valence-electron chi connectivity index (χ0n) is 10.3. The molecule has 1 amide bonds. The van der Waals surface area contributed by atoms with Gasteiger partial charge in [0.05, 0.1) is 6.10 Å². The molecule has 18 heavy (non-hydrogen) atoms. The largest absolute Gasteiger partial charge is 0.387 e. The second-order valence-corrected chi connectivity index (χ2v) is 5.72. The van der Waals surface area contributed by atoms with E-state index in [1.165, 1.54) is 0 Å². The molecule has 0 radical (unpaired) electrons. The highest BCUT2D eigenvalue weighted by Crippen LogP contribution is 2.23. The number of aliphatic hydroxyl groups is 1. The van der Waals surface area contributed by atoms with Crippen LogP contribution in [0.1, 0.15) is 37.4 Å². The molecule has 100 valence electrons. The van der Waals surface area contributed by atoms with Gasteiger partial charge >= 0.3 is 0 Å². The van der Waals surface area contributed by atoms with Gasteiger partial charge in [-0.25, -0.2) is 0 Å². The number of hydrogen-bond acceptors (Lipinski definition) is 4. The van der Waals surface area contributed by atoms with Crippen molar-refractivity contribution in [1.29, 1.82) is 0 Å². The van der Waals surface area contributed by atoms with Gasteiger partial charge in [0.2, 0.25) is 5.91 Å². The van der Waals surface area contributed by atoms with Crippen molar-refractivity contribution in [2.24, 2.45) is 11.7 Å². The highest BCUT2D eigenvalue weighted by molar-refractivity contribution is 7.07. The van der Waals surface area contributed by atoms with Crippen LogP contribution in [0.4, 0.5) is 0 Å². The summed E-state index contributed by atoms with van der Waals surface area (Å²) >= 11 is 1.54. The smallest absolute Gasteiger partial charge is 0.223 e. The summed E-state index contributed by atoms with van der Waals surface area (Å²) in [5.41, 5.74) is 6.73. The molecule has 1 fully saturated rings. The van der Waals surface area contributed by atoms with E-state index in [0.717, 1.165) is 31.2 Å². The fourth-order valence-electron chi connectivity index (χ4n) is 2.39. The van der Waals surface area contributed by atoms with Gasteiger partial charge in [-0.05, 0) is 41.7 Å². The maximum Gasteiger partial charge on any atom is 0.223 e. The molecule has 1 aromatic rings. The van der Waals surface area contributed by atoms with E-state index in [0.29, 0.717) is 0 Å². The van der Waals surface area contributed by atoms with E-state index in [1.54, 1.807) is 11.3 Å². The number of nitrogens with two attached hydrogens (primary N) is 1. The SMILES string of the molecule is NC1CCCC(C(=O)NCC(O)c2ccsc2)C1. The Kier molecular flexibility index (Phi) is 4.74. The fourth-order valence-corrected chi connectivity index (χ4v) is 3.10. The minimum atomic E-state index is -0.613. The van der Waals surface area contributed by atoms with E-state index in [9.17, 15) is 9.90 Å². The van der Waals surface area contributed by atoms with Crippen molar-refractivity contribution in [3.8, 4) is 0 Å². The minimum absolute atomic E-state index is 0.0171. The first-order chi connectivity index (χ1) is 8.66. The topological polar surface area (TPSA) is 75.4 Å². The van der Waals surface area contributed by atoms with Crippen molar-refractivity contribution in [3.05, 3.63) is 22.4 Å². The first-order valence-electron chi connectivity index (χ1n) is 6.40. The number of nitrogens with one attached hydrogen (secondary N) is 1. The van der Waals surface area contributed by atoms with Crippen LogP contribution in [0.25, 0.3) is 0 Å². The molecule has 0 spiro atoms. The van der Waals surface area contributed by atoms with E-state index in [4.69, 9.17) is 5.73 Å². The number of aliphatic hydroxyl groups excluding tert-OH is 1. The van der Waals surface area contributed by atoms with Crippen LogP contribution in [0.3, 0.4) is 0 Å². The Balaban J connectivity index is 1.77. The zero-order chi connectivity index (χ0) is 13.0.